The van der Waals surface area contributed by atoms with Gasteiger partial charge in [0.25, 0.3) is 0 Å². The van der Waals surface area contributed by atoms with Gasteiger partial charge in [-0.1, -0.05) is 0 Å². The lowest BCUT2D eigenvalue weighted by atomic mass is 10.2. The normalized spacial score (nSPS) is 16.5. The minimum Gasteiger partial charge on any atom is -0.368 e. The number of nitrogens with zero attached hydrogens (tertiary/aromatic N) is 8. The third kappa shape index (κ3) is 5.03. The number of hydrogen-bond donors (Lipinski definition) is 4. The maximum absolute atomic E-state index is 4.79. The molecular formula is C27H30N12. The lowest BCUT2D eigenvalue weighted by Gasteiger charge is -2.29. The van der Waals surface area contributed by atoms with Gasteiger partial charge in [0.2, 0.25) is 11.9 Å². The molecule has 2 aliphatic heterocycles. The van der Waals surface area contributed by atoms with Crippen LogP contribution in [0.5, 0.6) is 0 Å². The molecule has 39 heavy (non-hydrogen) atoms. The summed E-state index contributed by atoms with van der Waals surface area (Å²) in [5, 5.41) is 13.2. The van der Waals surface area contributed by atoms with Crippen LogP contribution in [-0.2, 0) is 6.42 Å². The second-order valence-electron chi connectivity index (χ2n) is 9.84. The molecule has 0 saturated carbocycles. The van der Waals surface area contributed by atoms with E-state index in [0.717, 1.165) is 86.2 Å². The fourth-order valence-corrected chi connectivity index (χ4v) is 5.18. The van der Waals surface area contributed by atoms with Gasteiger partial charge >= 0.3 is 0 Å². The second-order valence-corrected chi connectivity index (χ2v) is 9.84. The quantitative estimate of drug-likeness (QED) is 0.260. The van der Waals surface area contributed by atoms with Crippen LogP contribution in [0, 0.1) is 0 Å². The Morgan fingerprint density at radius 1 is 0.564 bits per heavy atom. The van der Waals surface area contributed by atoms with Crippen LogP contribution in [-0.4, -0.2) is 82.3 Å². The molecule has 0 spiro atoms. The zero-order valence-electron chi connectivity index (χ0n) is 21.6. The zero-order chi connectivity index (χ0) is 26.0. The summed E-state index contributed by atoms with van der Waals surface area (Å²) in [6.07, 6.45) is 8.20. The molecule has 0 radical (unpaired) electrons. The smallest absolute Gasteiger partial charge is 0.228 e. The molecule has 198 valence electrons. The standard InChI is InChI=1S/C27H30N12/c1-3-22(30-16-20(1)38-9-5-28-6-10-38)34-26-32-14-18-13-19-15-33-27(37-25(19)24(18)36-26)35-23-4-2-21(17-31-23)39-11-7-29-8-12-39/h1-4,14-17,28-29H,5-13H2,(H,30,32,34,36)(H,31,33,35,37). The Labute approximate surface area is 226 Å². The van der Waals surface area contributed by atoms with E-state index in [1.165, 1.54) is 0 Å². The van der Waals surface area contributed by atoms with Crippen molar-refractivity contribution in [1.82, 2.24) is 40.5 Å². The van der Waals surface area contributed by atoms with Crippen LogP contribution in [0.3, 0.4) is 0 Å². The minimum atomic E-state index is 0.488. The van der Waals surface area contributed by atoms with E-state index in [1.54, 1.807) is 0 Å². The molecule has 7 rings (SSSR count). The average Bonchev–Trinajstić information content (AvgIpc) is 3.36. The van der Waals surface area contributed by atoms with Crippen molar-refractivity contribution in [3.63, 3.8) is 0 Å². The summed E-state index contributed by atoms with van der Waals surface area (Å²) in [4.78, 5) is 32.4. The molecule has 0 atom stereocenters. The molecule has 12 heteroatoms. The van der Waals surface area contributed by atoms with Crippen molar-refractivity contribution in [3.05, 3.63) is 60.2 Å². The fourth-order valence-electron chi connectivity index (χ4n) is 5.18. The number of pyridine rings is 2. The Hall–Kier alpha value is -4.42. The van der Waals surface area contributed by atoms with E-state index in [2.05, 4.69) is 63.1 Å². The summed E-state index contributed by atoms with van der Waals surface area (Å²) in [7, 11) is 0. The molecule has 1 aliphatic carbocycles. The van der Waals surface area contributed by atoms with Crippen LogP contribution in [0.25, 0.3) is 11.4 Å². The van der Waals surface area contributed by atoms with E-state index in [9.17, 15) is 0 Å². The van der Waals surface area contributed by atoms with E-state index in [-0.39, 0.29) is 0 Å². The van der Waals surface area contributed by atoms with Crippen molar-refractivity contribution in [2.75, 3.05) is 72.8 Å². The number of hydrogen-bond acceptors (Lipinski definition) is 12. The van der Waals surface area contributed by atoms with Crippen LogP contribution in [0.1, 0.15) is 11.1 Å². The maximum atomic E-state index is 4.79. The monoisotopic (exact) mass is 522 g/mol. The van der Waals surface area contributed by atoms with E-state index in [4.69, 9.17) is 9.97 Å². The van der Waals surface area contributed by atoms with Crippen LogP contribution < -0.4 is 31.1 Å². The van der Waals surface area contributed by atoms with Gasteiger partial charge in [0, 0.05) is 82.3 Å². The first-order valence-electron chi connectivity index (χ1n) is 13.4. The molecule has 6 heterocycles. The summed E-state index contributed by atoms with van der Waals surface area (Å²) < 4.78 is 0. The van der Waals surface area contributed by atoms with Gasteiger partial charge in [0.1, 0.15) is 11.6 Å². The number of aromatic nitrogens is 6. The Bertz CT molecular complexity index is 1330. The Kier molecular flexibility index (Phi) is 6.31. The molecule has 0 amide bonds. The number of anilines is 6. The maximum Gasteiger partial charge on any atom is 0.228 e. The van der Waals surface area contributed by atoms with Gasteiger partial charge < -0.3 is 31.1 Å². The highest BCUT2D eigenvalue weighted by Crippen LogP contribution is 2.34. The predicted octanol–water partition coefficient (Wildman–Crippen LogP) is 1.93. The van der Waals surface area contributed by atoms with Crippen LogP contribution >= 0.6 is 0 Å². The molecule has 0 bridgehead atoms. The van der Waals surface area contributed by atoms with Gasteiger partial charge in [-0.05, 0) is 24.3 Å². The molecule has 2 fully saturated rings. The highest BCUT2D eigenvalue weighted by Gasteiger charge is 2.24. The van der Waals surface area contributed by atoms with E-state index in [0.29, 0.717) is 30.0 Å². The van der Waals surface area contributed by atoms with Crippen LogP contribution in [0.15, 0.2) is 49.1 Å². The minimum absolute atomic E-state index is 0.488. The third-order valence-electron chi connectivity index (χ3n) is 7.27. The van der Waals surface area contributed by atoms with E-state index < -0.39 is 0 Å². The topological polar surface area (TPSA) is 132 Å². The fraction of sp³-hybridized carbons (Fsp3) is 0.333. The Morgan fingerprint density at radius 3 is 1.44 bits per heavy atom. The highest BCUT2D eigenvalue weighted by atomic mass is 15.2. The lowest BCUT2D eigenvalue weighted by Crippen LogP contribution is -2.43. The number of fused-ring (bicyclic) bond motifs is 3. The highest BCUT2D eigenvalue weighted by molar-refractivity contribution is 5.72. The molecule has 0 unspecified atom stereocenters. The first kappa shape index (κ1) is 23.7. The second kappa shape index (κ2) is 10.4. The van der Waals surface area contributed by atoms with Gasteiger partial charge in [0.15, 0.2) is 0 Å². The van der Waals surface area contributed by atoms with Crippen molar-refractivity contribution in [2.45, 2.75) is 6.42 Å². The summed E-state index contributed by atoms with van der Waals surface area (Å²) in [5.41, 5.74) is 5.93. The number of nitrogens with one attached hydrogen (secondary N) is 4. The van der Waals surface area contributed by atoms with Gasteiger partial charge in [0.05, 0.1) is 35.2 Å². The zero-order valence-corrected chi connectivity index (χ0v) is 21.6. The first-order chi connectivity index (χ1) is 19.3. The van der Waals surface area contributed by atoms with Crippen LogP contribution in [0.4, 0.5) is 34.9 Å². The summed E-state index contributed by atoms with van der Waals surface area (Å²) in [6, 6.07) is 8.09. The number of piperazine rings is 2. The summed E-state index contributed by atoms with van der Waals surface area (Å²) >= 11 is 0. The molecule has 12 nitrogen and oxygen atoms in total. The van der Waals surface area contributed by atoms with Gasteiger partial charge in [-0.2, -0.15) is 0 Å². The van der Waals surface area contributed by atoms with Crippen molar-refractivity contribution in [3.8, 4) is 11.4 Å². The summed E-state index contributed by atoms with van der Waals surface area (Å²) in [5.74, 6) is 2.38. The van der Waals surface area contributed by atoms with E-state index in [1.807, 2.05) is 36.9 Å². The van der Waals surface area contributed by atoms with Crippen molar-refractivity contribution in [2.24, 2.45) is 0 Å². The molecule has 4 aromatic heterocycles. The molecule has 3 aliphatic rings. The predicted molar refractivity (Wildman–Crippen MR) is 151 cm³/mol. The third-order valence-corrected chi connectivity index (χ3v) is 7.27. The Morgan fingerprint density at radius 2 is 1.03 bits per heavy atom. The van der Waals surface area contributed by atoms with Gasteiger partial charge in [-0.15, -0.1) is 0 Å². The van der Waals surface area contributed by atoms with Crippen molar-refractivity contribution < 1.29 is 0 Å². The van der Waals surface area contributed by atoms with Crippen molar-refractivity contribution in [1.29, 1.82) is 0 Å². The van der Waals surface area contributed by atoms with E-state index >= 15 is 0 Å². The van der Waals surface area contributed by atoms with Crippen molar-refractivity contribution >= 4 is 34.9 Å². The lowest BCUT2D eigenvalue weighted by molar-refractivity contribution is 0.589. The van der Waals surface area contributed by atoms with Gasteiger partial charge in [-0.3, -0.25) is 0 Å². The Balaban J connectivity index is 1.06. The molecule has 4 aromatic rings. The molecule has 2 saturated heterocycles. The number of rotatable bonds is 6. The SMILES string of the molecule is c1cc(Nc2ncc3c(n2)-c2nc(Nc4ccc(N5CCNCC5)cn4)ncc2C3)ncc1N1CCNCC1. The van der Waals surface area contributed by atoms with Crippen LogP contribution in [0.2, 0.25) is 0 Å². The molecular weight excluding hydrogens is 492 g/mol. The summed E-state index contributed by atoms with van der Waals surface area (Å²) in [6.45, 7) is 7.90. The first-order valence-corrected chi connectivity index (χ1v) is 13.4. The largest absolute Gasteiger partial charge is 0.368 e. The molecule has 4 N–H and O–H groups in total. The van der Waals surface area contributed by atoms with Gasteiger partial charge in [-0.25, -0.2) is 29.9 Å². The molecule has 0 aromatic carbocycles. The average molecular weight is 523 g/mol.